The maximum Gasteiger partial charge on any atom is 0.259 e. The summed E-state index contributed by atoms with van der Waals surface area (Å²) in [6.45, 7) is 7.76. The molecule has 0 amide bonds. The first-order valence-corrected chi connectivity index (χ1v) is 9.82. The molecular weight excluding hydrogens is 330 g/mol. The van der Waals surface area contributed by atoms with Gasteiger partial charge in [-0.25, -0.2) is 4.98 Å². The highest BCUT2D eigenvalue weighted by atomic mass is 32.1. The average Bonchev–Trinajstić information content (AvgIpc) is 2.99. The summed E-state index contributed by atoms with van der Waals surface area (Å²) in [5, 5.41) is 0.697. The van der Waals surface area contributed by atoms with E-state index in [1.807, 2.05) is 24.3 Å². The highest BCUT2D eigenvalue weighted by Gasteiger charge is 2.26. The van der Waals surface area contributed by atoms with E-state index >= 15 is 0 Å². The van der Waals surface area contributed by atoms with Crippen LogP contribution in [0.1, 0.15) is 26.1 Å². The van der Waals surface area contributed by atoms with Gasteiger partial charge in [-0.1, -0.05) is 44.2 Å². The van der Waals surface area contributed by atoms with E-state index in [0.717, 1.165) is 52.6 Å². The number of benzene rings is 1. The molecule has 0 aliphatic carbocycles. The maximum absolute atomic E-state index is 12.5. The zero-order valence-corrected chi connectivity index (χ0v) is 15.5. The molecule has 0 radical (unpaired) electrons. The van der Waals surface area contributed by atoms with Crippen LogP contribution in [0.5, 0.6) is 0 Å². The van der Waals surface area contributed by atoms with Gasteiger partial charge in [0.2, 0.25) is 0 Å². The second-order valence-corrected chi connectivity index (χ2v) is 8.52. The van der Waals surface area contributed by atoms with Gasteiger partial charge < -0.3 is 9.88 Å². The molecule has 130 valence electrons. The summed E-state index contributed by atoms with van der Waals surface area (Å²) < 4.78 is 0. The van der Waals surface area contributed by atoms with E-state index in [1.54, 1.807) is 11.3 Å². The van der Waals surface area contributed by atoms with Crippen molar-refractivity contribution in [2.24, 2.45) is 11.8 Å². The van der Waals surface area contributed by atoms with E-state index < -0.39 is 0 Å². The van der Waals surface area contributed by atoms with Crippen molar-refractivity contribution in [1.29, 1.82) is 0 Å². The Morgan fingerprint density at radius 1 is 1.20 bits per heavy atom. The second kappa shape index (κ2) is 6.73. The topological polar surface area (TPSA) is 50.2 Å². The summed E-state index contributed by atoms with van der Waals surface area (Å²) >= 11 is 1.60. The number of aromatic nitrogens is 2. The number of nitrogens with one attached hydrogen (secondary N) is 2. The van der Waals surface area contributed by atoms with E-state index in [4.69, 9.17) is 4.98 Å². The molecule has 0 bridgehead atoms. The molecule has 2 atom stereocenters. The van der Waals surface area contributed by atoms with E-state index in [2.05, 4.69) is 31.0 Å². The molecule has 3 heterocycles. The molecule has 1 aromatic carbocycles. The molecule has 0 saturated carbocycles. The van der Waals surface area contributed by atoms with Gasteiger partial charge in [-0.05, 0) is 18.1 Å². The Balaban J connectivity index is 1.64. The summed E-state index contributed by atoms with van der Waals surface area (Å²) in [6, 6.07) is 12.1. The first-order chi connectivity index (χ1) is 12.1. The number of quaternary nitrogens is 1. The molecule has 2 N–H and O–H groups in total. The first kappa shape index (κ1) is 16.5. The Labute approximate surface area is 151 Å². The Hall–Kier alpha value is -1.98. The Morgan fingerprint density at radius 3 is 2.64 bits per heavy atom. The van der Waals surface area contributed by atoms with Gasteiger partial charge in [0.25, 0.3) is 5.56 Å². The number of fused-ring (bicyclic) bond motifs is 1. The van der Waals surface area contributed by atoms with Gasteiger partial charge in [-0.3, -0.25) is 4.79 Å². The maximum atomic E-state index is 12.5. The van der Waals surface area contributed by atoms with Crippen molar-refractivity contribution >= 4 is 21.6 Å². The van der Waals surface area contributed by atoms with Crippen LogP contribution in [0.25, 0.3) is 20.7 Å². The van der Waals surface area contributed by atoms with Crippen LogP contribution in [0.3, 0.4) is 0 Å². The molecule has 3 aromatic rings. The van der Waals surface area contributed by atoms with Crippen LogP contribution in [0.4, 0.5) is 0 Å². The summed E-state index contributed by atoms with van der Waals surface area (Å²) in [7, 11) is 0. The molecule has 1 aliphatic heterocycles. The van der Waals surface area contributed by atoms with Crippen LogP contribution in [0, 0.1) is 11.8 Å². The quantitative estimate of drug-likeness (QED) is 0.760. The standard InChI is InChI=1S/C20H23N3OS/c1-13-8-14(2)11-23(10-13)12-18-21-19(24)16-9-17(25-20(16)22-18)15-6-4-3-5-7-15/h3-7,9,13-14H,8,10-12H2,1-2H3,(H,21,22,24)/p+1/t13-,14-/m1/s1. The van der Waals surface area contributed by atoms with Crippen molar-refractivity contribution in [1.82, 2.24) is 9.97 Å². The number of aromatic amines is 1. The fourth-order valence-corrected chi connectivity index (χ4v) is 5.16. The smallest absolute Gasteiger partial charge is 0.259 e. The summed E-state index contributed by atoms with van der Waals surface area (Å²) in [6.07, 6.45) is 1.30. The number of thiophene rings is 1. The lowest BCUT2D eigenvalue weighted by Gasteiger charge is -2.31. The first-order valence-electron chi connectivity index (χ1n) is 9.00. The predicted octanol–water partition coefficient (Wildman–Crippen LogP) is 2.71. The van der Waals surface area contributed by atoms with Gasteiger partial charge in [0.05, 0.1) is 18.5 Å². The van der Waals surface area contributed by atoms with Crippen molar-refractivity contribution in [3.63, 3.8) is 0 Å². The minimum Gasteiger partial charge on any atom is -0.328 e. The molecule has 1 aliphatic rings. The van der Waals surface area contributed by atoms with E-state index in [9.17, 15) is 4.79 Å². The fourth-order valence-electron chi connectivity index (χ4n) is 4.11. The molecule has 25 heavy (non-hydrogen) atoms. The number of hydrogen-bond donors (Lipinski definition) is 2. The van der Waals surface area contributed by atoms with Crippen molar-refractivity contribution < 1.29 is 4.90 Å². The molecule has 1 fully saturated rings. The Bertz CT molecular complexity index is 921. The summed E-state index contributed by atoms with van der Waals surface area (Å²) in [5.41, 5.74) is 1.12. The van der Waals surface area contributed by atoms with Crippen LogP contribution < -0.4 is 10.5 Å². The number of hydrogen-bond acceptors (Lipinski definition) is 3. The van der Waals surface area contributed by atoms with E-state index in [-0.39, 0.29) is 5.56 Å². The average molecular weight is 354 g/mol. The molecule has 4 nitrogen and oxygen atoms in total. The molecule has 1 saturated heterocycles. The Morgan fingerprint density at radius 2 is 1.92 bits per heavy atom. The fraction of sp³-hybridized carbons (Fsp3) is 0.400. The van der Waals surface area contributed by atoms with Gasteiger partial charge in [0.1, 0.15) is 11.4 Å². The highest BCUT2D eigenvalue weighted by Crippen LogP contribution is 2.30. The predicted molar refractivity (Wildman–Crippen MR) is 103 cm³/mol. The third-order valence-corrected chi connectivity index (χ3v) is 6.08. The summed E-state index contributed by atoms with van der Waals surface area (Å²) in [4.78, 5) is 23.8. The van der Waals surface area contributed by atoms with Crippen LogP contribution >= 0.6 is 11.3 Å². The lowest BCUT2D eigenvalue weighted by atomic mass is 9.92. The molecular formula is C20H24N3OS+. The van der Waals surface area contributed by atoms with Gasteiger partial charge in [0, 0.05) is 16.7 Å². The van der Waals surface area contributed by atoms with E-state index in [0.29, 0.717) is 5.39 Å². The molecule has 4 rings (SSSR count). The molecule has 2 aromatic heterocycles. The molecule has 0 unspecified atom stereocenters. The highest BCUT2D eigenvalue weighted by molar-refractivity contribution is 7.21. The van der Waals surface area contributed by atoms with Gasteiger partial charge in [-0.2, -0.15) is 0 Å². The largest absolute Gasteiger partial charge is 0.328 e. The van der Waals surface area contributed by atoms with Gasteiger partial charge in [-0.15, -0.1) is 11.3 Å². The van der Waals surface area contributed by atoms with Gasteiger partial charge in [0.15, 0.2) is 5.82 Å². The Kier molecular flexibility index (Phi) is 4.44. The number of likely N-dealkylation sites (tertiary alicyclic amines) is 1. The monoisotopic (exact) mass is 354 g/mol. The lowest BCUT2D eigenvalue weighted by Crippen LogP contribution is -3.13. The minimum absolute atomic E-state index is 0.0177. The van der Waals surface area contributed by atoms with Crippen molar-refractivity contribution in [3.8, 4) is 10.4 Å². The normalized spacial score (nSPS) is 23.8. The third kappa shape index (κ3) is 3.53. The number of nitrogens with zero attached hydrogens (tertiary/aromatic N) is 1. The second-order valence-electron chi connectivity index (χ2n) is 7.49. The van der Waals surface area contributed by atoms with Crippen LogP contribution in [-0.4, -0.2) is 23.1 Å². The number of H-pyrrole nitrogens is 1. The summed E-state index contributed by atoms with van der Waals surface area (Å²) in [5.74, 6) is 2.29. The van der Waals surface area contributed by atoms with Crippen molar-refractivity contribution in [2.75, 3.05) is 13.1 Å². The van der Waals surface area contributed by atoms with Crippen molar-refractivity contribution in [2.45, 2.75) is 26.8 Å². The van der Waals surface area contributed by atoms with Crippen LogP contribution in [0.15, 0.2) is 41.2 Å². The third-order valence-electron chi connectivity index (χ3n) is 5.01. The zero-order valence-electron chi connectivity index (χ0n) is 14.7. The van der Waals surface area contributed by atoms with Crippen LogP contribution in [0.2, 0.25) is 0 Å². The lowest BCUT2D eigenvalue weighted by molar-refractivity contribution is -0.926. The minimum atomic E-state index is -0.0177. The van der Waals surface area contributed by atoms with Crippen molar-refractivity contribution in [3.05, 3.63) is 52.6 Å². The zero-order chi connectivity index (χ0) is 17.4. The van der Waals surface area contributed by atoms with E-state index in [1.165, 1.54) is 11.3 Å². The number of rotatable bonds is 3. The molecule has 0 spiro atoms. The number of piperidine rings is 1. The van der Waals surface area contributed by atoms with Crippen LogP contribution in [-0.2, 0) is 6.54 Å². The van der Waals surface area contributed by atoms with Gasteiger partial charge >= 0.3 is 0 Å². The molecule has 5 heteroatoms. The SMILES string of the molecule is C[C@@H]1C[C@@H](C)C[NH+](Cc2nc3sc(-c4ccccc4)cc3c(=O)[nH]2)C1.